The molecule has 6 nitrogen and oxygen atoms in total. The second-order valence-electron chi connectivity index (χ2n) is 2.92. The van der Waals surface area contributed by atoms with Crippen molar-refractivity contribution in [2.24, 2.45) is 0 Å². The van der Waals surface area contributed by atoms with Gasteiger partial charge in [-0.05, 0) is 28.1 Å². The van der Waals surface area contributed by atoms with Crippen molar-refractivity contribution in [1.82, 2.24) is 15.1 Å². The van der Waals surface area contributed by atoms with E-state index >= 15 is 0 Å². The zero-order chi connectivity index (χ0) is 11.5. The van der Waals surface area contributed by atoms with Crippen LogP contribution in [0.4, 0.5) is 0 Å². The van der Waals surface area contributed by atoms with E-state index in [1.54, 1.807) is 18.3 Å². The van der Waals surface area contributed by atoms with Crippen LogP contribution in [0.2, 0.25) is 0 Å². The Morgan fingerprint density at radius 1 is 1.56 bits per heavy atom. The number of carbonyl (C=O) groups is 1. The Kier molecular flexibility index (Phi) is 2.95. The highest BCUT2D eigenvalue weighted by molar-refractivity contribution is 9.10. The fourth-order valence-electron chi connectivity index (χ4n) is 1.10. The molecule has 0 fully saturated rings. The van der Waals surface area contributed by atoms with Crippen LogP contribution in [0.5, 0.6) is 0 Å². The summed E-state index contributed by atoms with van der Waals surface area (Å²) < 4.78 is 5.50. The van der Waals surface area contributed by atoms with Gasteiger partial charge in [0.2, 0.25) is 11.7 Å². The van der Waals surface area contributed by atoms with E-state index in [0.717, 1.165) is 4.47 Å². The number of hydrogen-bond acceptors (Lipinski definition) is 5. The molecule has 2 aromatic rings. The van der Waals surface area contributed by atoms with Gasteiger partial charge in [-0.15, -0.1) is 0 Å². The zero-order valence-electron chi connectivity index (χ0n) is 7.92. The quantitative estimate of drug-likeness (QED) is 0.919. The largest absolute Gasteiger partial charge is 0.481 e. The molecule has 2 aromatic heterocycles. The maximum absolute atomic E-state index is 10.4. The predicted molar refractivity (Wildman–Crippen MR) is 56.6 cm³/mol. The van der Waals surface area contributed by atoms with Crippen molar-refractivity contribution in [2.75, 3.05) is 0 Å². The molecule has 0 spiro atoms. The first-order valence-corrected chi connectivity index (χ1v) is 5.11. The third kappa shape index (κ3) is 2.25. The molecule has 1 N–H and O–H groups in total. The maximum atomic E-state index is 10.4. The van der Waals surface area contributed by atoms with E-state index in [0.29, 0.717) is 5.69 Å². The van der Waals surface area contributed by atoms with Gasteiger partial charge in [-0.25, -0.2) is 0 Å². The van der Waals surface area contributed by atoms with E-state index in [1.807, 2.05) is 0 Å². The Morgan fingerprint density at radius 3 is 3.06 bits per heavy atom. The lowest BCUT2D eigenvalue weighted by Crippen LogP contribution is -2.00. The molecule has 16 heavy (non-hydrogen) atoms. The summed E-state index contributed by atoms with van der Waals surface area (Å²) in [5.41, 5.74) is 0.517. The van der Waals surface area contributed by atoms with Crippen LogP contribution in [0.25, 0.3) is 11.5 Å². The Balaban J connectivity index is 2.32. The molecule has 0 saturated carbocycles. The molecule has 0 unspecified atom stereocenters. The lowest BCUT2D eigenvalue weighted by molar-refractivity contribution is -0.136. The van der Waals surface area contributed by atoms with E-state index in [-0.39, 0.29) is 18.1 Å². The maximum Gasteiger partial charge on any atom is 0.312 e. The highest BCUT2D eigenvalue weighted by atomic mass is 79.9. The molecular weight excluding hydrogens is 278 g/mol. The summed E-state index contributed by atoms with van der Waals surface area (Å²) >= 11 is 3.29. The van der Waals surface area contributed by atoms with Gasteiger partial charge in [0.15, 0.2) is 0 Å². The highest BCUT2D eigenvalue weighted by Crippen LogP contribution is 2.22. The van der Waals surface area contributed by atoms with E-state index < -0.39 is 5.97 Å². The minimum absolute atomic E-state index is 0.0556. The second-order valence-corrected chi connectivity index (χ2v) is 3.77. The van der Waals surface area contributed by atoms with Crippen LogP contribution in [0.3, 0.4) is 0 Å². The van der Waals surface area contributed by atoms with Gasteiger partial charge in [0, 0.05) is 10.7 Å². The summed E-state index contributed by atoms with van der Waals surface area (Å²) in [7, 11) is 0. The van der Waals surface area contributed by atoms with Gasteiger partial charge in [0.05, 0.1) is 0 Å². The summed E-state index contributed by atoms with van der Waals surface area (Å²) in [6.07, 6.45) is 1.30. The minimum Gasteiger partial charge on any atom is -0.481 e. The topological polar surface area (TPSA) is 89.1 Å². The van der Waals surface area contributed by atoms with Crippen molar-refractivity contribution in [1.29, 1.82) is 0 Å². The van der Waals surface area contributed by atoms with Crippen LogP contribution in [-0.2, 0) is 11.2 Å². The summed E-state index contributed by atoms with van der Waals surface area (Å²) in [6.45, 7) is 0. The van der Waals surface area contributed by atoms with Crippen LogP contribution in [-0.4, -0.2) is 26.2 Å². The molecule has 2 heterocycles. The zero-order valence-corrected chi connectivity index (χ0v) is 9.51. The van der Waals surface area contributed by atoms with Crippen molar-refractivity contribution < 1.29 is 14.4 Å². The number of nitrogens with zero attached hydrogens (tertiary/aromatic N) is 3. The fraction of sp³-hybridized carbons (Fsp3) is 0.111. The molecular formula is C9H6BrN3O3. The average Bonchev–Trinajstić information content (AvgIpc) is 2.66. The SMILES string of the molecule is O=C(O)Cc1nc(-c2ncccc2Br)no1. The Bertz CT molecular complexity index is 526. The molecule has 2 rings (SSSR count). The van der Waals surface area contributed by atoms with Gasteiger partial charge in [-0.3, -0.25) is 9.78 Å². The molecule has 0 aliphatic carbocycles. The predicted octanol–water partition coefficient (Wildman–Crippen LogP) is 1.52. The second kappa shape index (κ2) is 4.40. The van der Waals surface area contributed by atoms with Crippen LogP contribution >= 0.6 is 15.9 Å². The van der Waals surface area contributed by atoms with E-state index in [9.17, 15) is 4.79 Å². The van der Waals surface area contributed by atoms with Crippen molar-refractivity contribution in [3.63, 3.8) is 0 Å². The number of rotatable bonds is 3. The summed E-state index contributed by atoms with van der Waals surface area (Å²) in [5, 5.41) is 12.2. The lowest BCUT2D eigenvalue weighted by Gasteiger charge is -1.94. The van der Waals surface area contributed by atoms with E-state index in [2.05, 4.69) is 31.1 Å². The molecule has 0 amide bonds. The Hall–Kier alpha value is -1.76. The first kappa shape index (κ1) is 10.7. The summed E-state index contributed by atoms with van der Waals surface area (Å²) in [5.74, 6) is -0.695. The molecule has 0 aromatic carbocycles. The molecule has 7 heteroatoms. The smallest absolute Gasteiger partial charge is 0.312 e. The Morgan fingerprint density at radius 2 is 2.38 bits per heavy atom. The summed E-state index contributed by atoms with van der Waals surface area (Å²) in [4.78, 5) is 18.4. The number of pyridine rings is 1. The summed E-state index contributed by atoms with van der Waals surface area (Å²) in [6, 6.07) is 3.54. The molecule has 0 bridgehead atoms. The standard InChI is InChI=1S/C9H6BrN3O3/c10-5-2-1-3-11-8(5)9-12-6(16-13-9)4-7(14)15/h1-3H,4H2,(H,14,15). The van der Waals surface area contributed by atoms with Crippen molar-refractivity contribution in [3.05, 3.63) is 28.7 Å². The number of carboxylic acids is 1. The van der Waals surface area contributed by atoms with Gasteiger partial charge >= 0.3 is 5.97 Å². The third-order valence-corrected chi connectivity index (χ3v) is 2.38. The lowest BCUT2D eigenvalue weighted by atomic mass is 10.3. The van der Waals surface area contributed by atoms with Crippen molar-refractivity contribution in [3.8, 4) is 11.5 Å². The van der Waals surface area contributed by atoms with Gasteiger partial charge in [0.1, 0.15) is 12.1 Å². The van der Waals surface area contributed by atoms with Crippen LogP contribution < -0.4 is 0 Å². The number of aliphatic carboxylic acids is 1. The highest BCUT2D eigenvalue weighted by Gasteiger charge is 2.14. The van der Waals surface area contributed by atoms with Crippen molar-refractivity contribution in [2.45, 2.75) is 6.42 Å². The first-order valence-electron chi connectivity index (χ1n) is 4.32. The van der Waals surface area contributed by atoms with Gasteiger partial charge in [0.25, 0.3) is 0 Å². The molecule has 0 aliphatic heterocycles. The van der Waals surface area contributed by atoms with Crippen molar-refractivity contribution >= 4 is 21.9 Å². The van der Waals surface area contributed by atoms with Crippen LogP contribution in [0.15, 0.2) is 27.3 Å². The average molecular weight is 284 g/mol. The van der Waals surface area contributed by atoms with Gasteiger partial charge in [-0.2, -0.15) is 4.98 Å². The third-order valence-electron chi connectivity index (χ3n) is 1.74. The number of halogens is 1. The molecule has 0 radical (unpaired) electrons. The minimum atomic E-state index is -1.02. The molecule has 0 aliphatic rings. The molecule has 0 saturated heterocycles. The van der Waals surface area contributed by atoms with Crippen LogP contribution in [0, 0.1) is 0 Å². The van der Waals surface area contributed by atoms with Crippen LogP contribution in [0.1, 0.15) is 5.89 Å². The number of carboxylic acid groups (broad SMARTS) is 1. The molecule has 82 valence electrons. The van der Waals surface area contributed by atoms with Gasteiger partial charge < -0.3 is 9.63 Å². The van der Waals surface area contributed by atoms with Gasteiger partial charge in [-0.1, -0.05) is 5.16 Å². The first-order chi connectivity index (χ1) is 7.66. The molecule has 0 atom stereocenters. The number of hydrogen-bond donors (Lipinski definition) is 1. The monoisotopic (exact) mass is 283 g/mol. The fourth-order valence-corrected chi connectivity index (χ4v) is 1.53. The van der Waals surface area contributed by atoms with E-state index in [1.165, 1.54) is 0 Å². The normalized spacial score (nSPS) is 10.3. The van der Waals surface area contributed by atoms with E-state index in [4.69, 9.17) is 9.63 Å². The number of aromatic nitrogens is 3. The Labute approximate surface area is 98.4 Å².